The number of nitrogens with one attached hydrogen (secondary N) is 1. The molecule has 1 N–H and O–H groups in total. The van der Waals surface area contributed by atoms with Gasteiger partial charge in [-0.2, -0.15) is 0 Å². The molecule has 0 saturated carbocycles. The van der Waals surface area contributed by atoms with Crippen molar-refractivity contribution < 1.29 is 0 Å². The summed E-state index contributed by atoms with van der Waals surface area (Å²) in [7, 11) is 0. The lowest BCUT2D eigenvalue weighted by Gasteiger charge is -2.27. The second-order valence-electron chi connectivity index (χ2n) is 14.0. The Morgan fingerprint density at radius 1 is 0.762 bits per heavy atom. The largest absolute Gasteiger partial charge is 0.353 e. The highest BCUT2D eigenvalue weighted by Gasteiger charge is 2.28. The number of dihydropyridines is 1. The number of fused-ring (bicyclic) bond motifs is 6. The van der Waals surface area contributed by atoms with E-state index in [1.807, 2.05) is 0 Å². The van der Waals surface area contributed by atoms with Crippen LogP contribution in [0.5, 0.6) is 0 Å². The van der Waals surface area contributed by atoms with Gasteiger partial charge < -0.3 is 5.32 Å². The van der Waals surface area contributed by atoms with Crippen molar-refractivity contribution in [2.75, 3.05) is 0 Å². The van der Waals surface area contributed by atoms with E-state index in [1.165, 1.54) is 49.4 Å². The maximum atomic E-state index is 5.48. The molecule has 0 fully saturated rings. The van der Waals surface area contributed by atoms with E-state index in [-0.39, 0.29) is 10.8 Å². The molecular weight excluding hydrogens is 531 g/mol. The topological polar surface area (TPSA) is 37.3 Å². The molecule has 3 aliphatic heterocycles. The molecule has 1 aromatic heterocycles. The Morgan fingerprint density at radius 3 is 2.33 bits per heavy atom. The Labute approximate surface area is 252 Å². The molecule has 208 valence electrons. The van der Waals surface area contributed by atoms with Crippen LogP contribution in [-0.4, -0.2) is 4.98 Å². The molecule has 0 saturated heterocycles. The average molecular weight is 566 g/mol. The minimum atomic E-state index is -0.0132. The van der Waals surface area contributed by atoms with Crippen LogP contribution in [0, 0.1) is 0 Å². The maximum absolute atomic E-state index is 5.48. The Hall–Kier alpha value is -3.89. The van der Waals surface area contributed by atoms with Gasteiger partial charge in [-0.05, 0) is 100 Å². The van der Waals surface area contributed by atoms with E-state index in [0.29, 0.717) is 0 Å². The number of allylic oxidation sites excluding steroid dienone is 2. The van der Waals surface area contributed by atoms with Crippen LogP contribution < -0.4 is 15.9 Å². The van der Waals surface area contributed by atoms with Gasteiger partial charge in [-0.25, -0.2) is 9.98 Å². The zero-order chi connectivity index (χ0) is 29.0. The molecule has 8 bridgehead atoms. The third-order valence-electron chi connectivity index (χ3n) is 9.01. The van der Waals surface area contributed by atoms with Crippen molar-refractivity contribution in [3.8, 4) is 22.3 Å². The van der Waals surface area contributed by atoms with Crippen molar-refractivity contribution in [1.29, 1.82) is 0 Å². The average Bonchev–Trinajstić information content (AvgIpc) is 3.33. The number of benzene rings is 3. The molecule has 0 atom stereocenters. The van der Waals surface area contributed by atoms with Gasteiger partial charge in [-0.1, -0.05) is 77.6 Å². The van der Waals surface area contributed by atoms with Gasteiger partial charge in [0, 0.05) is 32.5 Å². The molecule has 3 aromatic carbocycles. The molecular formula is C38H35N3S. The number of pyridine rings is 1. The molecule has 0 amide bonds. The summed E-state index contributed by atoms with van der Waals surface area (Å²) in [5, 5.41) is 7.11. The minimum absolute atomic E-state index is 0.00145. The van der Waals surface area contributed by atoms with Crippen molar-refractivity contribution in [2.45, 2.75) is 75.1 Å². The summed E-state index contributed by atoms with van der Waals surface area (Å²) in [5.41, 5.74) is 14.5. The van der Waals surface area contributed by atoms with Crippen molar-refractivity contribution in [1.82, 2.24) is 10.3 Å². The number of rotatable bonds is 0. The highest BCUT2D eigenvalue weighted by molar-refractivity contribution is 7.99. The summed E-state index contributed by atoms with van der Waals surface area (Å²) in [6.07, 6.45) is 6.59. The van der Waals surface area contributed by atoms with E-state index in [4.69, 9.17) is 9.98 Å². The fourth-order valence-electron chi connectivity index (χ4n) is 6.49. The van der Waals surface area contributed by atoms with E-state index in [9.17, 15) is 0 Å². The molecule has 4 heteroatoms. The second kappa shape index (κ2) is 8.81. The highest BCUT2D eigenvalue weighted by atomic mass is 32.2. The monoisotopic (exact) mass is 565 g/mol. The van der Waals surface area contributed by atoms with Crippen LogP contribution in [0.3, 0.4) is 0 Å². The summed E-state index contributed by atoms with van der Waals surface area (Å²) < 4.78 is 0. The van der Waals surface area contributed by atoms with Crippen molar-refractivity contribution in [2.24, 2.45) is 4.99 Å². The molecule has 4 aromatic rings. The lowest BCUT2D eigenvalue weighted by atomic mass is 9.81. The quantitative estimate of drug-likeness (QED) is 0.205. The third kappa shape index (κ3) is 4.03. The summed E-state index contributed by atoms with van der Waals surface area (Å²) >= 11 is 1.73. The smallest absolute Gasteiger partial charge is 0.102 e. The van der Waals surface area contributed by atoms with Crippen LogP contribution >= 0.6 is 11.8 Å². The number of aryl methyl sites for hydroxylation is 1. The fraction of sp³-hybridized carbons (Fsp3) is 0.263. The van der Waals surface area contributed by atoms with Gasteiger partial charge in [-0.3, -0.25) is 0 Å². The Morgan fingerprint density at radius 2 is 1.52 bits per heavy atom. The fourth-order valence-corrected chi connectivity index (χ4v) is 7.33. The zero-order valence-corrected chi connectivity index (χ0v) is 26.0. The van der Waals surface area contributed by atoms with E-state index in [2.05, 4.69) is 120 Å². The zero-order valence-electron chi connectivity index (χ0n) is 25.1. The Bertz CT molecular complexity index is 2050. The van der Waals surface area contributed by atoms with Crippen molar-refractivity contribution >= 4 is 28.8 Å². The van der Waals surface area contributed by atoms with Crippen LogP contribution in [0.25, 0.3) is 33.6 Å². The molecule has 4 aliphatic rings. The van der Waals surface area contributed by atoms with E-state index in [1.54, 1.807) is 11.8 Å². The first-order valence-corrected chi connectivity index (χ1v) is 15.8. The molecule has 42 heavy (non-hydrogen) atoms. The van der Waals surface area contributed by atoms with Gasteiger partial charge in [-0.15, -0.1) is 0 Å². The standard InChI is InChI=1S/C38H35N3S/c1-37(2,3)24-17-27-23-8-7-9-26(16-23)42-32-15-13-22-11-10-21-12-14-31(39-33(21)34(22)40-32)30-20-25(38(4,5)6)19-29-28(18-24)35(27)41-36(29)30/h7-9,12-20,39H,10-11H2,1-6H3. The number of nitrogens with zero attached hydrogens (tertiary/aromatic N) is 2. The van der Waals surface area contributed by atoms with Gasteiger partial charge in [0.2, 0.25) is 0 Å². The lowest BCUT2D eigenvalue weighted by molar-refractivity contribution is 0.589. The van der Waals surface area contributed by atoms with E-state index >= 15 is 0 Å². The summed E-state index contributed by atoms with van der Waals surface area (Å²) in [6.45, 7) is 13.8. The van der Waals surface area contributed by atoms with Gasteiger partial charge in [0.1, 0.15) is 5.03 Å². The molecule has 0 spiro atoms. The number of hydrogen-bond acceptors (Lipinski definition) is 4. The summed E-state index contributed by atoms with van der Waals surface area (Å²) in [5.74, 6) is 0. The lowest BCUT2D eigenvalue weighted by Crippen LogP contribution is -2.35. The third-order valence-corrected chi connectivity index (χ3v) is 9.94. The molecule has 4 heterocycles. The van der Waals surface area contributed by atoms with Crippen LogP contribution in [-0.2, 0) is 17.3 Å². The van der Waals surface area contributed by atoms with Crippen molar-refractivity contribution in [3.05, 3.63) is 111 Å². The van der Waals surface area contributed by atoms with Crippen LogP contribution in [0.1, 0.15) is 70.3 Å². The van der Waals surface area contributed by atoms with E-state index < -0.39 is 0 Å². The first-order chi connectivity index (χ1) is 20.0. The molecule has 0 unspecified atom stereocenters. The van der Waals surface area contributed by atoms with Crippen LogP contribution in [0.15, 0.2) is 93.3 Å². The van der Waals surface area contributed by atoms with Crippen LogP contribution in [0.4, 0.5) is 5.69 Å². The van der Waals surface area contributed by atoms with Gasteiger partial charge in [0.15, 0.2) is 0 Å². The Kier molecular flexibility index (Phi) is 5.41. The van der Waals surface area contributed by atoms with Gasteiger partial charge >= 0.3 is 0 Å². The van der Waals surface area contributed by atoms with Gasteiger partial charge in [0.25, 0.3) is 0 Å². The number of hydrogen-bond donors (Lipinski definition) is 1. The predicted octanol–water partition coefficient (Wildman–Crippen LogP) is 8.37. The SMILES string of the molecule is CC(C)(C)c1cc2c3c(c1)-c1cc(C(C)(C)C)cc(c1=N3)=C1C=CC3=C(N1)c1nc(ccc1CC3)Sc1cccc-2c1. The normalized spacial score (nSPS) is 16.2. The first-order valence-electron chi connectivity index (χ1n) is 15.0. The minimum Gasteiger partial charge on any atom is -0.353 e. The van der Waals surface area contributed by atoms with Gasteiger partial charge in [0.05, 0.1) is 22.4 Å². The predicted molar refractivity (Wildman–Crippen MR) is 174 cm³/mol. The number of aromatic nitrogens is 1. The first kappa shape index (κ1) is 25.8. The second-order valence-corrected chi connectivity index (χ2v) is 15.1. The molecule has 0 radical (unpaired) electrons. The molecule has 1 aliphatic carbocycles. The highest BCUT2D eigenvalue weighted by Crippen LogP contribution is 2.46. The van der Waals surface area contributed by atoms with Crippen LogP contribution in [0.2, 0.25) is 0 Å². The van der Waals surface area contributed by atoms with E-state index in [0.717, 1.165) is 51.2 Å². The summed E-state index contributed by atoms with van der Waals surface area (Å²) in [6, 6.07) is 22.9. The Balaban J connectivity index is 1.52. The molecule has 3 nitrogen and oxygen atoms in total. The maximum Gasteiger partial charge on any atom is 0.102 e. The summed E-state index contributed by atoms with van der Waals surface area (Å²) in [4.78, 5) is 11.9. The molecule has 8 rings (SSSR count). The van der Waals surface area contributed by atoms with Crippen molar-refractivity contribution in [3.63, 3.8) is 0 Å².